The zero-order chi connectivity index (χ0) is 10.7. The van der Waals surface area contributed by atoms with E-state index in [0.717, 1.165) is 6.54 Å². The van der Waals surface area contributed by atoms with Crippen LogP contribution in [0.25, 0.3) is 0 Å². The number of likely N-dealkylation sites (N-methyl/N-ethyl adjacent to an activating group) is 1. The van der Waals surface area contributed by atoms with Gasteiger partial charge in [-0.2, -0.15) is 0 Å². The van der Waals surface area contributed by atoms with E-state index in [-0.39, 0.29) is 0 Å². The molecule has 0 radical (unpaired) electrons. The van der Waals surface area contributed by atoms with Crippen LogP contribution in [-0.2, 0) is 13.0 Å². The highest BCUT2D eigenvalue weighted by molar-refractivity contribution is 7.11. The predicted molar refractivity (Wildman–Crippen MR) is 66.5 cm³/mol. The summed E-state index contributed by atoms with van der Waals surface area (Å²) in [6.07, 6.45) is 1.17. The molecule has 0 saturated carbocycles. The molecule has 3 heteroatoms. The van der Waals surface area contributed by atoms with Gasteiger partial charge in [-0.05, 0) is 25.6 Å². The number of piperazine rings is 1. The van der Waals surface area contributed by atoms with E-state index in [9.17, 15) is 0 Å². The van der Waals surface area contributed by atoms with Crippen molar-refractivity contribution < 1.29 is 0 Å². The molecule has 0 bridgehead atoms. The molecule has 2 heterocycles. The number of rotatable bonds is 3. The molecule has 2 rings (SSSR count). The van der Waals surface area contributed by atoms with E-state index < -0.39 is 0 Å². The van der Waals surface area contributed by atoms with Crippen LogP contribution in [0.15, 0.2) is 12.1 Å². The Hall–Kier alpha value is -0.380. The van der Waals surface area contributed by atoms with Crippen LogP contribution in [0.4, 0.5) is 0 Å². The molecular formula is C12H20N2S. The Morgan fingerprint density at radius 3 is 2.40 bits per heavy atom. The molecule has 0 aromatic carbocycles. The van der Waals surface area contributed by atoms with Gasteiger partial charge in [0.25, 0.3) is 0 Å². The van der Waals surface area contributed by atoms with Gasteiger partial charge in [0.15, 0.2) is 0 Å². The molecule has 1 aromatic heterocycles. The summed E-state index contributed by atoms with van der Waals surface area (Å²) < 4.78 is 0. The first-order valence-corrected chi connectivity index (χ1v) is 6.58. The average molecular weight is 224 g/mol. The maximum Gasteiger partial charge on any atom is 0.0329 e. The van der Waals surface area contributed by atoms with Crippen molar-refractivity contribution in [3.05, 3.63) is 21.9 Å². The van der Waals surface area contributed by atoms with Crippen molar-refractivity contribution in [2.24, 2.45) is 0 Å². The average Bonchev–Trinajstić information content (AvgIpc) is 2.69. The van der Waals surface area contributed by atoms with Gasteiger partial charge < -0.3 is 4.90 Å². The first-order chi connectivity index (χ1) is 7.28. The minimum atomic E-state index is 1.15. The van der Waals surface area contributed by atoms with Gasteiger partial charge in [-0.25, -0.2) is 0 Å². The quantitative estimate of drug-likeness (QED) is 0.775. The summed E-state index contributed by atoms with van der Waals surface area (Å²) in [5.74, 6) is 0. The van der Waals surface area contributed by atoms with E-state index in [4.69, 9.17) is 0 Å². The van der Waals surface area contributed by atoms with Gasteiger partial charge in [0.2, 0.25) is 0 Å². The predicted octanol–water partition coefficient (Wildman–Crippen LogP) is 2.06. The number of thiophene rings is 1. The Labute approximate surface area is 96.5 Å². The van der Waals surface area contributed by atoms with Crippen LogP contribution < -0.4 is 0 Å². The Morgan fingerprint density at radius 2 is 1.80 bits per heavy atom. The molecule has 0 unspecified atom stereocenters. The minimum absolute atomic E-state index is 1.15. The molecule has 1 aliphatic heterocycles. The number of hydrogen-bond donors (Lipinski definition) is 0. The Balaban J connectivity index is 1.86. The summed E-state index contributed by atoms with van der Waals surface area (Å²) in [5, 5.41) is 0. The van der Waals surface area contributed by atoms with Crippen LogP contribution in [0.2, 0.25) is 0 Å². The highest BCUT2D eigenvalue weighted by Gasteiger charge is 2.14. The van der Waals surface area contributed by atoms with E-state index in [1.54, 1.807) is 0 Å². The minimum Gasteiger partial charge on any atom is -0.304 e. The lowest BCUT2D eigenvalue weighted by atomic mass is 10.3. The van der Waals surface area contributed by atoms with Crippen LogP contribution in [-0.4, -0.2) is 43.0 Å². The largest absolute Gasteiger partial charge is 0.304 e. The molecule has 15 heavy (non-hydrogen) atoms. The van der Waals surface area contributed by atoms with Gasteiger partial charge in [0.05, 0.1) is 0 Å². The molecule has 0 N–H and O–H groups in total. The lowest BCUT2D eigenvalue weighted by Crippen LogP contribution is -2.43. The summed E-state index contributed by atoms with van der Waals surface area (Å²) >= 11 is 1.97. The van der Waals surface area contributed by atoms with Crippen molar-refractivity contribution >= 4 is 11.3 Å². The zero-order valence-corrected chi connectivity index (χ0v) is 10.5. The molecule has 0 aliphatic carbocycles. The molecular weight excluding hydrogens is 204 g/mol. The number of hydrogen-bond acceptors (Lipinski definition) is 3. The number of aryl methyl sites for hydroxylation is 1. The SMILES string of the molecule is CCc1ccc(CN2CCN(C)CC2)s1. The lowest BCUT2D eigenvalue weighted by Gasteiger charge is -2.31. The van der Waals surface area contributed by atoms with Crippen LogP contribution in [0.3, 0.4) is 0 Å². The Kier molecular flexibility index (Phi) is 3.78. The van der Waals surface area contributed by atoms with E-state index in [0.29, 0.717) is 0 Å². The fourth-order valence-electron chi connectivity index (χ4n) is 1.92. The fraction of sp³-hybridized carbons (Fsp3) is 0.667. The highest BCUT2D eigenvalue weighted by Crippen LogP contribution is 2.19. The molecule has 84 valence electrons. The van der Waals surface area contributed by atoms with Crippen LogP contribution >= 0.6 is 11.3 Å². The fourth-order valence-corrected chi connectivity index (χ4v) is 2.92. The molecule has 1 aromatic rings. The number of nitrogens with zero attached hydrogens (tertiary/aromatic N) is 2. The standard InChI is InChI=1S/C12H20N2S/c1-3-11-4-5-12(15-11)10-14-8-6-13(2)7-9-14/h4-5H,3,6-10H2,1-2H3. The summed E-state index contributed by atoms with van der Waals surface area (Å²) in [6.45, 7) is 8.24. The molecule has 1 aliphatic rings. The smallest absolute Gasteiger partial charge is 0.0329 e. The van der Waals surface area contributed by atoms with Gasteiger partial charge in [0, 0.05) is 42.5 Å². The van der Waals surface area contributed by atoms with Gasteiger partial charge in [-0.15, -0.1) is 11.3 Å². The van der Waals surface area contributed by atoms with Crippen molar-refractivity contribution in [1.82, 2.24) is 9.80 Å². The molecule has 0 atom stereocenters. The zero-order valence-electron chi connectivity index (χ0n) is 9.70. The second kappa shape index (κ2) is 5.10. The Bertz CT molecular complexity index is 300. The van der Waals surface area contributed by atoms with E-state index in [1.165, 1.54) is 42.4 Å². The maximum absolute atomic E-state index is 2.56. The van der Waals surface area contributed by atoms with Crippen molar-refractivity contribution in [1.29, 1.82) is 0 Å². The van der Waals surface area contributed by atoms with Crippen molar-refractivity contribution in [3.8, 4) is 0 Å². The van der Waals surface area contributed by atoms with E-state index in [2.05, 4.69) is 35.9 Å². The van der Waals surface area contributed by atoms with Gasteiger partial charge in [0.1, 0.15) is 0 Å². The summed E-state index contributed by atoms with van der Waals surface area (Å²) in [5.41, 5.74) is 0. The Morgan fingerprint density at radius 1 is 1.13 bits per heavy atom. The normalized spacial score (nSPS) is 19.6. The first kappa shape index (κ1) is 11.1. The first-order valence-electron chi connectivity index (χ1n) is 5.76. The summed E-state index contributed by atoms with van der Waals surface area (Å²) in [6, 6.07) is 4.57. The summed E-state index contributed by atoms with van der Waals surface area (Å²) in [4.78, 5) is 8.00. The molecule has 1 saturated heterocycles. The molecule has 0 amide bonds. The van der Waals surface area contributed by atoms with Crippen LogP contribution in [0, 0.1) is 0 Å². The molecule has 1 fully saturated rings. The van der Waals surface area contributed by atoms with Gasteiger partial charge in [-0.1, -0.05) is 6.92 Å². The highest BCUT2D eigenvalue weighted by atomic mass is 32.1. The summed E-state index contributed by atoms with van der Waals surface area (Å²) in [7, 11) is 2.21. The van der Waals surface area contributed by atoms with Crippen molar-refractivity contribution in [3.63, 3.8) is 0 Å². The third-order valence-electron chi connectivity index (χ3n) is 3.04. The lowest BCUT2D eigenvalue weighted by molar-refractivity contribution is 0.149. The topological polar surface area (TPSA) is 6.48 Å². The van der Waals surface area contributed by atoms with E-state index in [1.807, 2.05) is 11.3 Å². The van der Waals surface area contributed by atoms with Crippen LogP contribution in [0.5, 0.6) is 0 Å². The van der Waals surface area contributed by atoms with Crippen molar-refractivity contribution in [2.75, 3.05) is 33.2 Å². The van der Waals surface area contributed by atoms with Crippen molar-refractivity contribution in [2.45, 2.75) is 19.9 Å². The van der Waals surface area contributed by atoms with Gasteiger partial charge >= 0.3 is 0 Å². The van der Waals surface area contributed by atoms with Gasteiger partial charge in [-0.3, -0.25) is 4.90 Å². The second-order valence-corrected chi connectivity index (χ2v) is 5.55. The third-order valence-corrected chi connectivity index (χ3v) is 4.26. The monoisotopic (exact) mass is 224 g/mol. The third kappa shape index (κ3) is 3.03. The van der Waals surface area contributed by atoms with E-state index >= 15 is 0 Å². The van der Waals surface area contributed by atoms with Crippen LogP contribution in [0.1, 0.15) is 16.7 Å². The second-order valence-electron chi connectivity index (χ2n) is 4.30. The molecule has 0 spiro atoms. The maximum atomic E-state index is 2.56. The molecule has 2 nitrogen and oxygen atoms in total.